The molecule has 0 saturated carbocycles. The lowest BCUT2D eigenvalue weighted by molar-refractivity contribution is -0.114. The third-order valence-electron chi connectivity index (χ3n) is 4.41. The minimum Gasteiger partial charge on any atom is -0.343 e. The largest absolute Gasteiger partial charge is 0.343 e. The summed E-state index contributed by atoms with van der Waals surface area (Å²) in [5.74, 6) is -0.180. The lowest BCUT2D eigenvalue weighted by atomic mass is 10.1. The summed E-state index contributed by atoms with van der Waals surface area (Å²) in [6.07, 6.45) is 0. The van der Waals surface area contributed by atoms with E-state index in [1.165, 1.54) is 6.92 Å². The average Bonchev–Trinajstić information content (AvgIpc) is 3.39. The Morgan fingerprint density at radius 3 is 2.61 bits per heavy atom. The number of nitrogens with one attached hydrogen (secondary N) is 1. The van der Waals surface area contributed by atoms with Gasteiger partial charge in [0.15, 0.2) is 5.01 Å². The van der Waals surface area contributed by atoms with Crippen LogP contribution < -0.4 is 10.2 Å². The highest BCUT2D eigenvalue weighted by Gasteiger charge is 2.24. The van der Waals surface area contributed by atoms with Crippen molar-refractivity contribution in [3.8, 4) is 9.88 Å². The molecule has 2 amide bonds. The zero-order chi connectivity index (χ0) is 19.5. The number of benzene rings is 1. The zero-order valence-electron chi connectivity index (χ0n) is 15.3. The Bertz CT molecular complexity index is 978. The molecule has 0 spiro atoms. The maximum Gasteiger partial charge on any atom is 0.254 e. The molecule has 3 aromatic rings. The third kappa shape index (κ3) is 4.05. The van der Waals surface area contributed by atoms with Gasteiger partial charge in [-0.05, 0) is 29.6 Å². The van der Waals surface area contributed by atoms with Gasteiger partial charge in [-0.2, -0.15) is 0 Å². The van der Waals surface area contributed by atoms with Crippen molar-refractivity contribution in [1.82, 2.24) is 15.1 Å². The van der Waals surface area contributed by atoms with Crippen LogP contribution in [0.15, 0.2) is 41.8 Å². The first-order chi connectivity index (χ1) is 13.6. The molecule has 0 bridgehead atoms. The molecule has 144 valence electrons. The summed E-state index contributed by atoms with van der Waals surface area (Å²) in [6.45, 7) is 4.13. The van der Waals surface area contributed by atoms with Gasteiger partial charge in [0.1, 0.15) is 0 Å². The molecule has 9 heteroatoms. The van der Waals surface area contributed by atoms with Crippen LogP contribution in [-0.2, 0) is 4.79 Å². The molecule has 1 fully saturated rings. The fourth-order valence-corrected chi connectivity index (χ4v) is 4.75. The van der Waals surface area contributed by atoms with E-state index >= 15 is 0 Å². The van der Waals surface area contributed by atoms with Crippen LogP contribution >= 0.6 is 22.7 Å². The van der Waals surface area contributed by atoms with E-state index in [0.717, 1.165) is 28.1 Å². The van der Waals surface area contributed by atoms with Crippen LogP contribution in [0.1, 0.15) is 17.3 Å². The molecule has 28 heavy (non-hydrogen) atoms. The highest BCUT2D eigenvalue weighted by molar-refractivity contribution is 7.22. The third-order valence-corrected chi connectivity index (χ3v) is 6.44. The molecule has 1 aliphatic heterocycles. The molecule has 0 unspecified atom stereocenters. The van der Waals surface area contributed by atoms with Gasteiger partial charge in [0.2, 0.25) is 11.0 Å². The Labute approximate surface area is 170 Å². The van der Waals surface area contributed by atoms with E-state index in [-0.39, 0.29) is 11.8 Å². The number of aromatic nitrogens is 2. The molecule has 1 aromatic carbocycles. The van der Waals surface area contributed by atoms with Crippen LogP contribution in [-0.4, -0.2) is 53.1 Å². The molecule has 3 heterocycles. The number of thiophene rings is 1. The van der Waals surface area contributed by atoms with Crippen molar-refractivity contribution < 1.29 is 9.59 Å². The standard InChI is InChI=1S/C19H19N5O2S2/c1-13(25)20-15-5-2-4-14(12-15)18(26)23-7-9-24(10-8-23)19-22-21-17(28-19)16-6-3-11-27-16/h2-6,11-12H,7-10H2,1H3,(H,20,25). The van der Waals surface area contributed by atoms with Crippen molar-refractivity contribution in [3.63, 3.8) is 0 Å². The molecule has 0 aliphatic carbocycles. The van der Waals surface area contributed by atoms with Crippen LogP contribution in [0, 0.1) is 0 Å². The van der Waals surface area contributed by atoms with Gasteiger partial charge in [0.05, 0.1) is 4.88 Å². The first kappa shape index (κ1) is 18.6. The topological polar surface area (TPSA) is 78.4 Å². The molecule has 7 nitrogen and oxygen atoms in total. The lowest BCUT2D eigenvalue weighted by Crippen LogP contribution is -2.48. The molecule has 1 N–H and O–H groups in total. The Morgan fingerprint density at radius 1 is 1.07 bits per heavy atom. The smallest absolute Gasteiger partial charge is 0.254 e. The first-order valence-corrected chi connectivity index (χ1v) is 10.6. The molecule has 0 atom stereocenters. The fourth-order valence-electron chi connectivity index (χ4n) is 3.06. The van der Waals surface area contributed by atoms with E-state index in [1.807, 2.05) is 22.4 Å². The maximum absolute atomic E-state index is 12.8. The predicted octanol–water partition coefficient (Wildman–Crippen LogP) is 3.19. The number of rotatable bonds is 4. The summed E-state index contributed by atoms with van der Waals surface area (Å²) in [5.41, 5.74) is 1.21. The van der Waals surface area contributed by atoms with Crippen molar-refractivity contribution in [2.24, 2.45) is 0 Å². The highest BCUT2D eigenvalue weighted by atomic mass is 32.1. The Hall–Kier alpha value is -2.78. The van der Waals surface area contributed by atoms with Crippen LogP contribution in [0.3, 0.4) is 0 Å². The zero-order valence-corrected chi connectivity index (χ0v) is 16.9. The van der Waals surface area contributed by atoms with E-state index in [0.29, 0.717) is 24.3 Å². The van der Waals surface area contributed by atoms with Gasteiger partial charge in [0, 0.05) is 44.4 Å². The number of hydrogen-bond donors (Lipinski definition) is 1. The highest BCUT2D eigenvalue weighted by Crippen LogP contribution is 2.31. The Morgan fingerprint density at radius 2 is 1.89 bits per heavy atom. The van der Waals surface area contributed by atoms with Gasteiger partial charge in [0.25, 0.3) is 5.91 Å². The number of hydrogen-bond acceptors (Lipinski definition) is 7. The minimum absolute atomic E-state index is 0.0246. The predicted molar refractivity (Wildman–Crippen MR) is 112 cm³/mol. The van der Waals surface area contributed by atoms with Gasteiger partial charge in [-0.1, -0.05) is 23.5 Å². The SMILES string of the molecule is CC(=O)Nc1cccc(C(=O)N2CCN(c3nnc(-c4cccs4)s3)CC2)c1. The Balaban J connectivity index is 1.39. The van der Waals surface area contributed by atoms with Crippen LogP contribution in [0.25, 0.3) is 9.88 Å². The normalized spacial score (nSPS) is 14.2. The van der Waals surface area contributed by atoms with E-state index in [1.54, 1.807) is 46.9 Å². The van der Waals surface area contributed by atoms with Crippen molar-refractivity contribution in [1.29, 1.82) is 0 Å². The summed E-state index contributed by atoms with van der Waals surface area (Å²) in [7, 11) is 0. The number of carbonyl (C=O) groups excluding carboxylic acids is 2. The van der Waals surface area contributed by atoms with Crippen molar-refractivity contribution in [2.75, 3.05) is 36.4 Å². The summed E-state index contributed by atoms with van der Waals surface area (Å²) < 4.78 is 0. The monoisotopic (exact) mass is 413 g/mol. The number of nitrogens with zero attached hydrogens (tertiary/aromatic N) is 4. The summed E-state index contributed by atoms with van der Waals surface area (Å²) >= 11 is 3.23. The first-order valence-electron chi connectivity index (χ1n) is 8.89. The second-order valence-corrected chi connectivity index (χ2v) is 8.31. The van der Waals surface area contributed by atoms with Crippen molar-refractivity contribution in [2.45, 2.75) is 6.92 Å². The van der Waals surface area contributed by atoms with Crippen LogP contribution in [0.2, 0.25) is 0 Å². The summed E-state index contributed by atoms with van der Waals surface area (Å²) in [4.78, 5) is 29.2. The maximum atomic E-state index is 12.8. The van der Waals surface area contributed by atoms with Gasteiger partial charge in [-0.15, -0.1) is 21.5 Å². The summed E-state index contributed by atoms with van der Waals surface area (Å²) in [5, 5.41) is 15.2. The number of piperazine rings is 1. The second-order valence-electron chi connectivity index (χ2n) is 6.41. The second kappa shape index (κ2) is 8.07. The molecular weight excluding hydrogens is 394 g/mol. The van der Waals surface area contributed by atoms with E-state index in [9.17, 15) is 9.59 Å². The average molecular weight is 414 g/mol. The van der Waals surface area contributed by atoms with E-state index < -0.39 is 0 Å². The molecule has 1 aliphatic rings. The number of amides is 2. The van der Waals surface area contributed by atoms with Gasteiger partial charge in [-0.25, -0.2) is 0 Å². The lowest BCUT2D eigenvalue weighted by Gasteiger charge is -2.34. The van der Waals surface area contributed by atoms with Gasteiger partial charge < -0.3 is 15.1 Å². The molecule has 4 rings (SSSR count). The van der Waals surface area contributed by atoms with Crippen LogP contribution in [0.5, 0.6) is 0 Å². The molecular formula is C19H19N5O2S2. The van der Waals surface area contributed by atoms with Crippen molar-refractivity contribution in [3.05, 3.63) is 47.3 Å². The quantitative estimate of drug-likeness (QED) is 0.711. The molecule has 1 saturated heterocycles. The van der Waals surface area contributed by atoms with Crippen LogP contribution in [0.4, 0.5) is 10.8 Å². The number of anilines is 2. The van der Waals surface area contributed by atoms with E-state index in [4.69, 9.17) is 0 Å². The molecule has 0 radical (unpaired) electrons. The Kier molecular flexibility index (Phi) is 5.36. The summed E-state index contributed by atoms with van der Waals surface area (Å²) in [6, 6.07) is 11.1. The minimum atomic E-state index is -0.155. The van der Waals surface area contributed by atoms with Gasteiger partial charge >= 0.3 is 0 Å². The van der Waals surface area contributed by atoms with Crippen molar-refractivity contribution >= 4 is 45.3 Å². The molecule has 2 aromatic heterocycles. The number of carbonyl (C=O) groups is 2. The van der Waals surface area contributed by atoms with E-state index in [2.05, 4.69) is 20.4 Å². The fraction of sp³-hybridized carbons (Fsp3) is 0.263. The van der Waals surface area contributed by atoms with Gasteiger partial charge in [-0.3, -0.25) is 9.59 Å².